The molecule has 1 atom stereocenters. The number of nitrogens with one attached hydrogen (secondary N) is 1. The first-order valence-corrected chi connectivity index (χ1v) is 13.2. The smallest absolute Gasteiger partial charge is 0.416 e. The van der Waals surface area contributed by atoms with E-state index in [1.54, 1.807) is 20.3 Å². The number of hydrogen-bond donors (Lipinski definition) is 1. The number of likely N-dealkylation sites (N-methyl/N-ethyl adjacent to an activating group) is 1. The van der Waals surface area contributed by atoms with Gasteiger partial charge in [0.05, 0.1) is 19.8 Å². The molecule has 0 heterocycles. The normalized spacial score (nSPS) is 13.2. The number of alkyl halides is 3. The fourth-order valence-corrected chi connectivity index (χ4v) is 4.88. The van der Waals surface area contributed by atoms with Crippen LogP contribution in [0.2, 0.25) is 0 Å². The third-order valence-corrected chi connectivity index (χ3v) is 7.26. The van der Waals surface area contributed by atoms with Gasteiger partial charge in [0.1, 0.15) is 0 Å². The quantitative estimate of drug-likeness (QED) is 0.229. The summed E-state index contributed by atoms with van der Waals surface area (Å²) in [7, 11) is 5.36. The fourth-order valence-electron chi connectivity index (χ4n) is 4.88. The maximum atomic E-state index is 13.6. The summed E-state index contributed by atoms with van der Waals surface area (Å²) >= 11 is 0. The van der Waals surface area contributed by atoms with Crippen LogP contribution in [-0.2, 0) is 18.0 Å². The van der Waals surface area contributed by atoms with E-state index in [1.165, 1.54) is 11.6 Å². The van der Waals surface area contributed by atoms with Gasteiger partial charge in [-0.2, -0.15) is 13.2 Å². The minimum Gasteiger partial charge on any atom is -0.493 e. The van der Waals surface area contributed by atoms with Gasteiger partial charge in [-0.1, -0.05) is 52.0 Å². The van der Waals surface area contributed by atoms with Crippen molar-refractivity contribution in [1.29, 1.82) is 0 Å². The molecule has 1 unspecified atom stereocenters. The average molecular weight is 596 g/mol. The summed E-state index contributed by atoms with van der Waals surface area (Å²) in [5, 5.41) is 3.55. The lowest BCUT2D eigenvalue weighted by atomic mass is 9.68. The van der Waals surface area contributed by atoms with Gasteiger partial charge in [-0.05, 0) is 80.6 Å². The molecule has 2 aromatic rings. The Morgan fingerprint density at radius 1 is 0.872 bits per heavy atom. The highest BCUT2D eigenvalue weighted by Gasteiger charge is 2.38. The Hall–Kier alpha value is -1.67. The molecular weight excluding hydrogens is 548 g/mol. The van der Waals surface area contributed by atoms with Crippen molar-refractivity contribution in [3.63, 3.8) is 0 Å². The molecule has 39 heavy (non-hydrogen) atoms. The van der Waals surface area contributed by atoms with Gasteiger partial charge >= 0.3 is 6.18 Å². The van der Waals surface area contributed by atoms with E-state index in [2.05, 4.69) is 45.0 Å². The molecule has 2 aromatic carbocycles. The van der Waals surface area contributed by atoms with E-state index in [1.807, 2.05) is 24.3 Å². The predicted octanol–water partition coefficient (Wildman–Crippen LogP) is 7.66. The van der Waals surface area contributed by atoms with Crippen LogP contribution in [0, 0.1) is 11.8 Å². The number of ether oxygens (including phenoxy) is 2. The molecular formula is C30H47Cl2F3N2O2. The summed E-state index contributed by atoms with van der Waals surface area (Å²) in [5.41, 5.74) is 0.968. The zero-order valence-corrected chi connectivity index (χ0v) is 26.0. The molecule has 0 aliphatic rings. The second-order valence-corrected chi connectivity index (χ2v) is 10.8. The largest absolute Gasteiger partial charge is 0.493 e. The third kappa shape index (κ3) is 11.0. The molecule has 0 saturated carbocycles. The maximum Gasteiger partial charge on any atom is 0.416 e. The summed E-state index contributed by atoms with van der Waals surface area (Å²) in [6.45, 7) is 11.8. The lowest BCUT2D eigenvalue weighted by Crippen LogP contribution is -2.44. The third-order valence-electron chi connectivity index (χ3n) is 7.26. The molecule has 0 spiro atoms. The first kappa shape index (κ1) is 37.3. The molecule has 0 bridgehead atoms. The zero-order chi connectivity index (χ0) is 27.6. The van der Waals surface area contributed by atoms with Crippen LogP contribution in [0.4, 0.5) is 13.2 Å². The minimum atomic E-state index is -4.35. The summed E-state index contributed by atoms with van der Waals surface area (Å²) in [5.74, 6) is 2.08. The van der Waals surface area contributed by atoms with Gasteiger partial charge in [0.25, 0.3) is 0 Å². The van der Waals surface area contributed by atoms with Gasteiger partial charge in [0.15, 0.2) is 11.5 Å². The van der Waals surface area contributed by atoms with Crippen LogP contribution in [0.1, 0.15) is 57.2 Å². The number of halogens is 5. The molecule has 0 amide bonds. The number of benzene rings is 2. The number of methoxy groups -OCH3 is 2. The first-order valence-electron chi connectivity index (χ1n) is 13.2. The highest BCUT2D eigenvalue weighted by atomic mass is 35.5. The van der Waals surface area contributed by atoms with Crippen LogP contribution in [-0.4, -0.2) is 52.3 Å². The summed E-state index contributed by atoms with van der Waals surface area (Å²) in [6.07, 6.45) is -1.79. The number of nitrogens with zero attached hydrogens (tertiary/aromatic N) is 1. The van der Waals surface area contributed by atoms with Crippen molar-refractivity contribution in [2.45, 2.75) is 58.5 Å². The average Bonchev–Trinajstić information content (AvgIpc) is 2.85. The molecule has 4 nitrogen and oxygen atoms in total. The highest BCUT2D eigenvalue weighted by molar-refractivity contribution is 5.85. The van der Waals surface area contributed by atoms with E-state index >= 15 is 0 Å². The van der Waals surface area contributed by atoms with E-state index in [4.69, 9.17) is 9.47 Å². The lowest BCUT2D eigenvalue weighted by Gasteiger charge is -2.40. The van der Waals surface area contributed by atoms with Crippen LogP contribution in [0.3, 0.4) is 0 Å². The minimum absolute atomic E-state index is 0. The van der Waals surface area contributed by atoms with Gasteiger partial charge in [-0.25, -0.2) is 0 Å². The van der Waals surface area contributed by atoms with E-state index < -0.39 is 11.7 Å². The molecule has 9 heteroatoms. The number of rotatable bonds is 15. The molecule has 2 rings (SSSR count). The van der Waals surface area contributed by atoms with Crippen LogP contribution in [0.25, 0.3) is 0 Å². The van der Waals surface area contributed by atoms with Crippen LogP contribution >= 0.6 is 24.8 Å². The van der Waals surface area contributed by atoms with Crippen molar-refractivity contribution < 1.29 is 22.6 Å². The van der Waals surface area contributed by atoms with Gasteiger partial charge < -0.3 is 19.7 Å². The Morgan fingerprint density at radius 2 is 1.51 bits per heavy atom. The maximum absolute atomic E-state index is 13.6. The Kier molecular flexibility index (Phi) is 16.5. The van der Waals surface area contributed by atoms with E-state index in [0.29, 0.717) is 18.2 Å². The lowest BCUT2D eigenvalue weighted by molar-refractivity contribution is -0.137. The van der Waals surface area contributed by atoms with E-state index in [9.17, 15) is 13.2 Å². The van der Waals surface area contributed by atoms with Gasteiger partial charge in [0, 0.05) is 18.5 Å². The summed E-state index contributed by atoms with van der Waals surface area (Å²) < 4.78 is 51.4. The molecule has 0 aromatic heterocycles. The van der Waals surface area contributed by atoms with Crippen LogP contribution < -0.4 is 14.8 Å². The van der Waals surface area contributed by atoms with Gasteiger partial charge in [-0.15, -0.1) is 24.8 Å². The Morgan fingerprint density at radius 3 is 2.08 bits per heavy atom. The monoisotopic (exact) mass is 594 g/mol. The SMILES string of the molecule is COc1ccc(CCN(C)CCCC(CNCC(C)C)(c2cccc(C(F)(F)F)c2)C(C)C)cc1OC.Cl.Cl. The van der Waals surface area contributed by atoms with Crippen molar-refractivity contribution in [3.05, 3.63) is 59.2 Å². The molecule has 0 fully saturated rings. The molecule has 0 saturated heterocycles. The molecule has 0 radical (unpaired) electrons. The Labute approximate surface area is 245 Å². The molecule has 224 valence electrons. The molecule has 0 aliphatic carbocycles. The summed E-state index contributed by atoms with van der Waals surface area (Å²) in [4.78, 5) is 2.29. The van der Waals surface area contributed by atoms with Gasteiger partial charge in [-0.3, -0.25) is 0 Å². The Bertz CT molecular complexity index is 973. The van der Waals surface area contributed by atoms with Crippen molar-refractivity contribution >= 4 is 24.8 Å². The standard InChI is InChI=1S/C30H45F3N2O2.2ClH/c1-22(2)20-34-21-29(23(3)4,25-10-8-11-26(19-25)30(31,32)33)15-9-16-35(5)17-14-24-12-13-27(36-6)28(18-24)37-7;;/h8,10-13,18-19,22-23,34H,9,14-17,20-21H2,1-7H3;2*1H. The van der Waals surface area contributed by atoms with Gasteiger partial charge in [0.2, 0.25) is 0 Å². The predicted molar refractivity (Wildman–Crippen MR) is 160 cm³/mol. The molecule has 1 N–H and O–H groups in total. The zero-order valence-electron chi connectivity index (χ0n) is 24.4. The fraction of sp³-hybridized carbons (Fsp3) is 0.600. The van der Waals surface area contributed by atoms with Crippen LogP contribution in [0.5, 0.6) is 11.5 Å². The Balaban J connectivity index is 0.00000722. The number of hydrogen-bond acceptors (Lipinski definition) is 4. The first-order chi connectivity index (χ1) is 17.4. The van der Waals surface area contributed by atoms with Crippen molar-refractivity contribution in [2.24, 2.45) is 11.8 Å². The van der Waals surface area contributed by atoms with Crippen molar-refractivity contribution in [1.82, 2.24) is 10.2 Å². The second kappa shape index (κ2) is 17.2. The van der Waals surface area contributed by atoms with E-state index in [-0.39, 0.29) is 36.1 Å². The molecule has 0 aliphatic heterocycles. The van der Waals surface area contributed by atoms with Crippen molar-refractivity contribution in [3.8, 4) is 11.5 Å². The van der Waals surface area contributed by atoms with E-state index in [0.717, 1.165) is 56.3 Å². The van der Waals surface area contributed by atoms with Crippen molar-refractivity contribution in [2.75, 3.05) is 47.4 Å². The summed E-state index contributed by atoms with van der Waals surface area (Å²) in [6, 6.07) is 11.9. The second-order valence-electron chi connectivity index (χ2n) is 10.8. The highest BCUT2D eigenvalue weighted by Crippen LogP contribution is 2.39. The topological polar surface area (TPSA) is 33.7 Å². The van der Waals surface area contributed by atoms with Crippen LogP contribution in [0.15, 0.2) is 42.5 Å².